The average molecular weight is 260 g/mol. The molecular weight excluding hydrogens is 245 g/mol. The predicted molar refractivity (Wildman–Crippen MR) is 68.2 cm³/mol. The van der Waals surface area contributed by atoms with Crippen LogP contribution < -0.4 is 10.6 Å². The predicted octanol–water partition coefficient (Wildman–Crippen LogP) is 2.56. The summed E-state index contributed by atoms with van der Waals surface area (Å²) >= 11 is 12.0. The molecule has 1 aliphatic rings. The first-order chi connectivity index (χ1) is 7.61. The SMILES string of the molecule is CC1CC(CN)CN1c1ncc(Cl)cc1Cl. The number of hydrogen-bond acceptors (Lipinski definition) is 3. The summed E-state index contributed by atoms with van der Waals surface area (Å²) in [7, 11) is 0. The van der Waals surface area contributed by atoms with Gasteiger partial charge in [-0.15, -0.1) is 0 Å². The normalized spacial score (nSPS) is 25.1. The third-order valence-corrected chi connectivity index (χ3v) is 3.54. The first-order valence-electron chi connectivity index (χ1n) is 5.39. The minimum atomic E-state index is 0.430. The summed E-state index contributed by atoms with van der Waals surface area (Å²) in [4.78, 5) is 6.50. The van der Waals surface area contributed by atoms with E-state index >= 15 is 0 Å². The standard InChI is InChI=1S/C11H15Cl2N3/c1-7-2-8(4-14)6-16(7)11-10(13)3-9(12)5-15-11/h3,5,7-8H,2,4,6,14H2,1H3. The van der Waals surface area contributed by atoms with Crippen molar-refractivity contribution in [2.45, 2.75) is 19.4 Å². The number of anilines is 1. The van der Waals surface area contributed by atoms with Gasteiger partial charge in [0.15, 0.2) is 0 Å². The van der Waals surface area contributed by atoms with Crippen molar-refractivity contribution in [3.8, 4) is 0 Å². The number of rotatable bonds is 2. The van der Waals surface area contributed by atoms with E-state index in [1.165, 1.54) is 0 Å². The Morgan fingerprint density at radius 1 is 1.56 bits per heavy atom. The topological polar surface area (TPSA) is 42.1 Å². The van der Waals surface area contributed by atoms with Gasteiger partial charge in [-0.3, -0.25) is 0 Å². The average Bonchev–Trinajstić information content (AvgIpc) is 2.60. The highest BCUT2D eigenvalue weighted by atomic mass is 35.5. The van der Waals surface area contributed by atoms with Crippen LogP contribution in [-0.2, 0) is 0 Å². The van der Waals surface area contributed by atoms with Gasteiger partial charge in [0.25, 0.3) is 0 Å². The summed E-state index contributed by atoms with van der Waals surface area (Å²) in [5.41, 5.74) is 5.70. The molecule has 3 nitrogen and oxygen atoms in total. The maximum Gasteiger partial charge on any atom is 0.147 e. The molecule has 1 fully saturated rings. The molecule has 0 spiro atoms. The molecule has 0 saturated carbocycles. The lowest BCUT2D eigenvalue weighted by atomic mass is 10.1. The molecule has 1 aliphatic heterocycles. The van der Waals surface area contributed by atoms with Gasteiger partial charge in [-0.25, -0.2) is 4.98 Å². The van der Waals surface area contributed by atoms with Gasteiger partial charge in [-0.2, -0.15) is 0 Å². The summed E-state index contributed by atoms with van der Waals surface area (Å²) in [5, 5.41) is 1.17. The molecule has 5 heteroatoms. The summed E-state index contributed by atoms with van der Waals surface area (Å²) in [5.74, 6) is 1.35. The van der Waals surface area contributed by atoms with Crippen molar-refractivity contribution in [1.29, 1.82) is 0 Å². The van der Waals surface area contributed by atoms with Crippen molar-refractivity contribution in [2.24, 2.45) is 11.7 Å². The van der Waals surface area contributed by atoms with Crippen molar-refractivity contribution < 1.29 is 0 Å². The van der Waals surface area contributed by atoms with Crippen LogP contribution in [0.5, 0.6) is 0 Å². The van der Waals surface area contributed by atoms with Gasteiger partial charge in [0, 0.05) is 18.8 Å². The third kappa shape index (κ3) is 2.26. The maximum absolute atomic E-state index is 6.15. The Hall–Kier alpha value is -0.510. The highest BCUT2D eigenvalue weighted by Crippen LogP contribution is 2.32. The van der Waals surface area contributed by atoms with Crippen LogP contribution in [0.15, 0.2) is 12.3 Å². The fourth-order valence-electron chi connectivity index (χ4n) is 2.23. The van der Waals surface area contributed by atoms with Gasteiger partial charge in [-0.1, -0.05) is 23.2 Å². The van der Waals surface area contributed by atoms with E-state index in [-0.39, 0.29) is 0 Å². The molecule has 88 valence electrons. The quantitative estimate of drug-likeness (QED) is 0.888. The third-order valence-electron chi connectivity index (χ3n) is 3.06. The zero-order chi connectivity index (χ0) is 11.7. The fourth-order valence-corrected chi connectivity index (χ4v) is 2.72. The van der Waals surface area contributed by atoms with E-state index in [4.69, 9.17) is 28.9 Å². The molecule has 0 amide bonds. The van der Waals surface area contributed by atoms with Crippen LogP contribution in [0.1, 0.15) is 13.3 Å². The molecule has 1 aromatic heterocycles. The Bertz CT molecular complexity index is 383. The lowest BCUT2D eigenvalue weighted by Gasteiger charge is -2.23. The minimum absolute atomic E-state index is 0.430. The van der Waals surface area contributed by atoms with Crippen LogP contribution in [0.2, 0.25) is 10.0 Å². The number of halogens is 2. The summed E-state index contributed by atoms with van der Waals surface area (Å²) in [6, 6.07) is 2.16. The summed E-state index contributed by atoms with van der Waals surface area (Å²) in [6.07, 6.45) is 2.72. The minimum Gasteiger partial charge on any atom is -0.352 e. The van der Waals surface area contributed by atoms with Crippen LogP contribution in [0.4, 0.5) is 5.82 Å². The largest absolute Gasteiger partial charge is 0.352 e. The summed E-state index contributed by atoms with van der Waals surface area (Å²) in [6.45, 7) is 3.81. The van der Waals surface area contributed by atoms with Crippen molar-refractivity contribution in [3.63, 3.8) is 0 Å². The van der Waals surface area contributed by atoms with Crippen molar-refractivity contribution in [2.75, 3.05) is 18.0 Å². The second-order valence-electron chi connectivity index (χ2n) is 4.30. The molecule has 1 saturated heterocycles. The number of hydrogen-bond donors (Lipinski definition) is 1. The van der Waals surface area contributed by atoms with Crippen molar-refractivity contribution >= 4 is 29.0 Å². The van der Waals surface area contributed by atoms with E-state index in [9.17, 15) is 0 Å². The van der Waals surface area contributed by atoms with Gasteiger partial charge in [0.1, 0.15) is 5.82 Å². The number of pyridine rings is 1. The van der Waals surface area contributed by atoms with Gasteiger partial charge in [-0.05, 0) is 31.9 Å². The zero-order valence-electron chi connectivity index (χ0n) is 9.16. The molecule has 2 atom stereocenters. The van der Waals surface area contributed by atoms with E-state index in [1.807, 2.05) is 0 Å². The number of nitrogens with two attached hydrogens (primary N) is 1. The maximum atomic E-state index is 6.15. The smallest absolute Gasteiger partial charge is 0.147 e. The molecule has 0 radical (unpaired) electrons. The monoisotopic (exact) mass is 259 g/mol. The van der Waals surface area contributed by atoms with Crippen LogP contribution in [-0.4, -0.2) is 24.1 Å². The zero-order valence-corrected chi connectivity index (χ0v) is 10.7. The van der Waals surface area contributed by atoms with E-state index in [2.05, 4.69) is 16.8 Å². The molecule has 0 aliphatic carbocycles. The van der Waals surface area contributed by atoms with Crippen molar-refractivity contribution in [1.82, 2.24) is 4.98 Å². The Kier molecular flexibility index (Phi) is 3.57. The second kappa shape index (κ2) is 4.78. The van der Waals surface area contributed by atoms with Gasteiger partial charge >= 0.3 is 0 Å². The Labute approximate surface area is 106 Å². The first kappa shape index (κ1) is 12.0. The molecule has 0 bridgehead atoms. The molecule has 16 heavy (non-hydrogen) atoms. The van der Waals surface area contributed by atoms with Crippen LogP contribution >= 0.6 is 23.2 Å². The molecule has 2 heterocycles. The van der Waals surface area contributed by atoms with Crippen LogP contribution in [0, 0.1) is 5.92 Å². The lowest BCUT2D eigenvalue weighted by Crippen LogP contribution is -2.28. The molecule has 0 aromatic carbocycles. The molecule has 1 aromatic rings. The van der Waals surface area contributed by atoms with Gasteiger partial charge in [0.05, 0.1) is 10.0 Å². The molecule has 2 rings (SSSR count). The highest BCUT2D eigenvalue weighted by Gasteiger charge is 2.30. The van der Waals surface area contributed by atoms with E-state index < -0.39 is 0 Å². The highest BCUT2D eigenvalue weighted by molar-refractivity contribution is 6.36. The second-order valence-corrected chi connectivity index (χ2v) is 5.14. The lowest BCUT2D eigenvalue weighted by molar-refractivity contribution is 0.579. The van der Waals surface area contributed by atoms with Crippen LogP contribution in [0.25, 0.3) is 0 Å². The molecular formula is C11H15Cl2N3. The Morgan fingerprint density at radius 3 is 2.88 bits per heavy atom. The van der Waals surface area contributed by atoms with E-state index in [0.29, 0.717) is 28.5 Å². The first-order valence-corrected chi connectivity index (χ1v) is 6.15. The fraction of sp³-hybridized carbons (Fsp3) is 0.545. The molecule has 2 N–H and O–H groups in total. The van der Waals surface area contributed by atoms with Gasteiger partial charge in [0.2, 0.25) is 0 Å². The Morgan fingerprint density at radius 2 is 2.31 bits per heavy atom. The Balaban J connectivity index is 2.24. The van der Waals surface area contributed by atoms with E-state index in [0.717, 1.165) is 18.8 Å². The number of nitrogens with zero attached hydrogens (tertiary/aromatic N) is 2. The summed E-state index contributed by atoms with van der Waals surface area (Å²) < 4.78 is 0. The van der Waals surface area contributed by atoms with Crippen LogP contribution in [0.3, 0.4) is 0 Å². The van der Waals surface area contributed by atoms with E-state index in [1.54, 1.807) is 12.3 Å². The van der Waals surface area contributed by atoms with Crippen molar-refractivity contribution in [3.05, 3.63) is 22.3 Å². The molecule has 2 unspecified atom stereocenters. The number of aromatic nitrogens is 1. The van der Waals surface area contributed by atoms with Gasteiger partial charge < -0.3 is 10.6 Å².